The monoisotopic (exact) mass is 544 g/mol. The Hall–Kier alpha value is -2.14. The van der Waals surface area contributed by atoms with Crippen LogP contribution in [0.15, 0.2) is 62.8 Å². The van der Waals surface area contributed by atoms with Crippen molar-refractivity contribution in [2.45, 2.75) is 17.5 Å². The summed E-state index contributed by atoms with van der Waals surface area (Å²) in [5, 5.41) is 8.36. The van der Waals surface area contributed by atoms with Crippen molar-refractivity contribution in [1.29, 1.82) is 0 Å². The molecule has 6 nitrogen and oxygen atoms in total. The highest BCUT2D eigenvalue weighted by atomic mass is 79.9. The van der Waals surface area contributed by atoms with E-state index < -0.39 is 0 Å². The largest absolute Gasteiger partial charge is 0.493 e. The van der Waals surface area contributed by atoms with Crippen LogP contribution in [0.3, 0.4) is 0 Å². The zero-order valence-corrected chi connectivity index (χ0v) is 20.7. The molecule has 0 saturated carbocycles. The van der Waals surface area contributed by atoms with Crippen molar-refractivity contribution in [3.05, 3.63) is 83.7 Å². The number of nitrogens with zero attached hydrogens (tertiary/aromatic N) is 3. The molecule has 0 bridgehead atoms. The fraction of sp³-hybridized carbons (Fsp3) is 0.227. The van der Waals surface area contributed by atoms with E-state index in [-0.39, 0.29) is 10.8 Å². The predicted molar refractivity (Wildman–Crippen MR) is 132 cm³/mol. The molecule has 2 aromatic heterocycles. The second-order valence-electron chi connectivity index (χ2n) is 7.78. The molecule has 4 aromatic rings. The number of ether oxygens (including phenoxy) is 1. The van der Waals surface area contributed by atoms with Gasteiger partial charge in [0.15, 0.2) is 10.6 Å². The minimum Gasteiger partial charge on any atom is -0.493 e. The zero-order chi connectivity index (χ0) is 21.8. The third-order valence-electron chi connectivity index (χ3n) is 5.88. The Morgan fingerprint density at radius 3 is 2.94 bits per heavy atom. The zero-order valence-electron chi connectivity index (χ0n) is 16.7. The highest BCUT2D eigenvalue weighted by molar-refractivity contribution is 9.10. The molecule has 0 fully saturated rings. The Balaban J connectivity index is 1.44. The van der Waals surface area contributed by atoms with Crippen molar-refractivity contribution in [2.24, 2.45) is 5.92 Å². The number of aromatic amines is 1. The van der Waals surface area contributed by atoms with Gasteiger partial charge in [0.1, 0.15) is 5.75 Å². The van der Waals surface area contributed by atoms with Crippen LogP contribution in [0.25, 0.3) is 5.69 Å². The molecule has 0 aliphatic carbocycles. The van der Waals surface area contributed by atoms with Crippen molar-refractivity contribution < 1.29 is 4.74 Å². The quantitative estimate of drug-likeness (QED) is 0.358. The Labute approximate surface area is 205 Å². The van der Waals surface area contributed by atoms with E-state index in [0.717, 1.165) is 37.1 Å². The molecule has 2 aliphatic heterocycles. The molecule has 0 radical (unpaired) electrons. The smallest absolute Gasteiger partial charge is 0.308 e. The maximum atomic E-state index is 13.2. The summed E-state index contributed by atoms with van der Waals surface area (Å²) in [6, 6.07) is 16.0. The minimum absolute atomic E-state index is 0.0275. The van der Waals surface area contributed by atoms with Gasteiger partial charge in [0.05, 0.1) is 18.2 Å². The summed E-state index contributed by atoms with van der Waals surface area (Å²) in [5.74, 6) is 3.04. The molecule has 2 aliphatic rings. The normalized spacial score (nSPS) is 19.0. The first-order valence-electron chi connectivity index (χ1n) is 10.1. The first-order chi connectivity index (χ1) is 15.6. The third kappa shape index (κ3) is 3.32. The number of halogens is 1. The predicted octanol–water partition coefficient (Wildman–Crippen LogP) is 5.21. The van der Waals surface area contributed by atoms with Crippen LogP contribution in [0.5, 0.6) is 5.75 Å². The minimum atomic E-state index is 0.0275. The number of para-hydroxylation sites is 1. The number of benzene rings is 2. The van der Waals surface area contributed by atoms with Crippen molar-refractivity contribution in [3.8, 4) is 11.4 Å². The Bertz CT molecular complexity index is 1440. The first kappa shape index (κ1) is 20.5. The maximum Gasteiger partial charge on any atom is 0.308 e. The maximum absolute atomic E-state index is 13.2. The number of thiazole rings is 1. The van der Waals surface area contributed by atoms with Gasteiger partial charge in [0, 0.05) is 38.2 Å². The molecule has 2 aromatic carbocycles. The van der Waals surface area contributed by atoms with Gasteiger partial charge in [-0.2, -0.15) is 5.10 Å². The lowest BCUT2D eigenvalue weighted by Gasteiger charge is -2.36. The van der Waals surface area contributed by atoms with Crippen molar-refractivity contribution in [1.82, 2.24) is 19.3 Å². The summed E-state index contributed by atoms with van der Waals surface area (Å²) in [5.41, 5.74) is 2.08. The molecule has 1 N–H and O–H groups in total. The van der Waals surface area contributed by atoms with Crippen LogP contribution in [0.2, 0.25) is 0 Å². The number of hydrogen-bond donors (Lipinski definition) is 1. The fourth-order valence-electron chi connectivity index (χ4n) is 4.44. The number of nitrogens with one attached hydrogen (secondary N) is 1. The molecule has 0 unspecified atom stereocenters. The van der Waals surface area contributed by atoms with Crippen LogP contribution in [-0.2, 0) is 6.54 Å². The molecule has 32 heavy (non-hydrogen) atoms. The first-order valence-corrected chi connectivity index (χ1v) is 13.1. The number of rotatable bonds is 3. The highest BCUT2D eigenvalue weighted by Crippen LogP contribution is 2.51. The van der Waals surface area contributed by atoms with E-state index in [9.17, 15) is 4.79 Å². The third-order valence-corrected chi connectivity index (χ3v) is 9.14. The van der Waals surface area contributed by atoms with Crippen LogP contribution in [0.1, 0.15) is 22.2 Å². The van der Waals surface area contributed by atoms with E-state index >= 15 is 0 Å². The van der Waals surface area contributed by atoms with Gasteiger partial charge < -0.3 is 4.74 Å². The molecule has 10 heteroatoms. The number of fused-ring (bicyclic) bond motifs is 5. The number of hydrogen-bond acceptors (Lipinski definition) is 6. The summed E-state index contributed by atoms with van der Waals surface area (Å²) in [6.07, 6.45) is 0. The summed E-state index contributed by atoms with van der Waals surface area (Å²) < 4.78 is 11.3. The van der Waals surface area contributed by atoms with Crippen molar-refractivity contribution in [2.75, 3.05) is 12.4 Å². The standard InChI is InChI=1S/C22H17BrN4O2S3/c23-13-6-7-16-15(8-13)18-12(10-29-16)11-31-20-19(18)32-22(28)26(20)9-17-24-25-21(30)27(17)14-4-2-1-3-5-14/h1-8,12,18H,9-11H2,(H,25,30)/t12-,18+/m1/s1. The van der Waals surface area contributed by atoms with Crippen LogP contribution in [-0.4, -0.2) is 31.7 Å². The molecular formula is C22H17BrN4O2S3. The van der Waals surface area contributed by atoms with Crippen LogP contribution >= 0.6 is 51.2 Å². The van der Waals surface area contributed by atoms with Crippen LogP contribution in [0.4, 0.5) is 0 Å². The Kier molecular flexibility index (Phi) is 5.13. The average Bonchev–Trinajstić information content (AvgIpc) is 3.33. The molecule has 162 valence electrons. The van der Waals surface area contributed by atoms with E-state index in [1.54, 1.807) is 11.8 Å². The fourth-order valence-corrected chi connectivity index (χ4v) is 7.76. The van der Waals surface area contributed by atoms with Gasteiger partial charge in [0.2, 0.25) is 0 Å². The van der Waals surface area contributed by atoms with Gasteiger partial charge in [-0.15, -0.1) is 11.8 Å². The summed E-state index contributed by atoms with van der Waals surface area (Å²) in [6.45, 7) is 1.03. The molecule has 0 spiro atoms. The topological polar surface area (TPSA) is 64.8 Å². The summed E-state index contributed by atoms with van der Waals surface area (Å²) >= 11 is 12.1. The SMILES string of the molecule is O=c1sc2c(n1Cc1n[nH]c(=S)n1-c1ccccc1)SC[C@H]1COc3ccc(Br)cc3[C@@H]21. The molecule has 4 heterocycles. The summed E-state index contributed by atoms with van der Waals surface area (Å²) in [4.78, 5) is 14.3. The summed E-state index contributed by atoms with van der Waals surface area (Å²) in [7, 11) is 0. The lowest BCUT2D eigenvalue weighted by molar-refractivity contribution is 0.219. The van der Waals surface area contributed by atoms with Crippen molar-refractivity contribution in [3.63, 3.8) is 0 Å². The molecule has 6 rings (SSSR count). The lowest BCUT2D eigenvalue weighted by atomic mass is 9.84. The van der Waals surface area contributed by atoms with E-state index in [4.69, 9.17) is 17.0 Å². The lowest BCUT2D eigenvalue weighted by Crippen LogP contribution is -2.31. The van der Waals surface area contributed by atoms with E-state index in [1.165, 1.54) is 11.3 Å². The average molecular weight is 546 g/mol. The second kappa shape index (κ2) is 8.02. The Morgan fingerprint density at radius 2 is 2.09 bits per heavy atom. The number of aromatic nitrogens is 4. The van der Waals surface area contributed by atoms with Crippen LogP contribution < -0.4 is 9.61 Å². The molecular weight excluding hydrogens is 528 g/mol. The second-order valence-corrected chi connectivity index (χ2v) is 11.1. The number of H-pyrrole nitrogens is 1. The molecule has 2 atom stereocenters. The van der Waals surface area contributed by atoms with Crippen molar-refractivity contribution >= 4 is 51.2 Å². The number of thioether (sulfide) groups is 1. The van der Waals surface area contributed by atoms with Gasteiger partial charge >= 0.3 is 4.87 Å². The van der Waals surface area contributed by atoms with Gasteiger partial charge in [0.25, 0.3) is 0 Å². The van der Waals surface area contributed by atoms with Crippen LogP contribution in [0, 0.1) is 10.7 Å². The molecule has 0 amide bonds. The van der Waals surface area contributed by atoms with Gasteiger partial charge in [-0.25, -0.2) is 0 Å². The van der Waals surface area contributed by atoms with Gasteiger partial charge in [-0.1, -0.05) is 45.5 Å². The highest BCUT2D eigenvalue weighted by Gasteiger charge is 2.40. The van der Waals surface area contributed by atoms with Gasteiger partial charge in [-0.05, 0) is 42.5 Å². The van der Waals surface area contributed by atoms with E-state index in [1.807, 2.05) is 51.6 Å². The Morgan fingerprint density at radius 1 is 1.25 bits per heavy atom. The van der Waals surface area contributed by atoms with Gasteiger partial charge in [-0.3, -0.25) is 19.0 Å². The van der Waals surface area contributed by atoms with E-state index in [2.05, 4.69) is 32.2 Å². The van der Waals surface area contributed by atoms with E-state index in [0.29, 0.717) is 29.7 Å². The molecule has 0 saturated heterocycles.